The average molecular weight is 346 g/mol. The molecule has 0 bridgehead atoms. The van der Waals surface area contributed by atoms with Crippen molar-refractivity contribution in [3.8, 4) is 5.75 Å². The predicted molar refractivity (Wildman–Crippen MR) is 89.0 cm³/mol. The second-order valence-electron chi connectivity index (χ2n) is 5.90. The Morgan fingerprint density at radius 2 is 2.18 bits per heavy atom. The van der Waals surface area contributed by atoms with Gasteiger partial charge in [0.05, 0.1) is 16.5 Å². The summed E-state index contributed by atoms with van der Waals surface area (Å²) in [5.41, 5.74) is 0. The molecule has 0 spiro atoms. The van der Waals surface area contributed by atoms with Gasteiger partial charge in [0.1, 0.15) is 5.75 Å². The zero-order valence-electron chi connectivity index (χ0n) is 13.2. The average Bonchev–Trinajstić information content (AvgIpc) is 2.49. The van der Waals surface area contributed by atoms with Crippen LogP contribution < -0.4 is 4.74 Å². The number of sulfonamides is 1. The van der Waals surface area contributed by atoms with Crippen LogP contribution in [0.15, 0.2) is 23.1 Å². The molecule has 1 aromatic rings. The number of piperidine rings is 1. The summed E-state index contributed by atoms with van der Waals surface area (Å²) in [7, 11) is -3.47. The van der Waals surface area contributed by atoms with Gasteiger partial charge in [0.15, 0.2) is 0 Å². The van der Waals surface area contributed by atoms with Crippen molar-refractivity contribution < 1.29 is 13.2 Å². The third kappa shape index (κ3) is 4.15. The van der Waals surface area contributed by atoms with E-state index in [1.54, 1.807) is 22.5 Å². The van der Waals surface area contributed by atoms with E-state index in [1.807, 2.05) is 0 Å². The highest BCUT2D eigenvalue weighted by atomic mass is 35.5. The van der Waals surface area contributed by atoms with Gasteiger partial charge in [-0.25, -0.2) is 8.42 Å². The minimum atomic E-state index is -3.47. The van der Waals surface area contributed by atoms with E-state index in [2.05, 4.69) is 13.8 Å². The molecule has 0 amide bonds. The van der Waals surface area contributed by atoms with Gasteiger partial charge in [-0.3, -0.25) is 0 Å². The summed E-state index contributed by atoms with van der Waals surface area (Å²) in [4.78, 5) is 0.262. The maximum Gasteiger partial charge on any atom is 0.243 e. The molecule has 1 atom stereocenters. The summed E-state index contributed by atoms with van der Waals surface area (Å²) >= 11 is 6.10. The second-order valence-corrected chi connectivity index (χ2v) is 8.25. The van der Waals surface area contributed by atoms with Crippen molar-refractivity contribution >= 4 is 21.6 Å². The van der Waals surface area contributed by atoms with Crippen LogP contribution >= 0.6 is 11.6 Å². The van der Waals surface area contributed by atoms with E-state index < -0.39 is 10.0 Å². The fourth-order valence-corrected chi connectivity index (χ4v) is 4.38. The monoisotopic (exact) mass is 345 g/mol. The van der Waals surface area contributed by atoms with E-state index in [9.17, 15) is 8.42 Å². The van der Waals surface area contributed by atoms with Crippen LogP contribution in [-0.4, -0.2) is 32.4 Å². The van der Waals surface area contributed by atoms with Crippen molar-refractivity contribution in [2.75, 3.05) is 19.7 Å². The summed E-state index contributed by atoms with van der Waals surface area (Å²) in [5, 5.41) is 0.446. The van der Waals surface area contributed by atoms with Crippen LogP contribution in [0.3, 0.4) is 0 Å². The molecular formula is C16H24ClNO3S. The third-order valence-corrected chi connectivity index (χ3v) is 6.09. The normalized spacial score (nSPS) is 20.0. The highest BCUT2D eigenvalue weighted by Crippen LogP contribution is 2.30. The van der Waals surface area contributed by atoms with Crippen molar-refractivity contribution in [1.29, 1.82) is 0 Å². The van der Waals surface area contributed by atoms with Gasteiger partial charge < -0.3 is 4.74 Å². The molecule has 1 fully saturated rings. The van der Waals surface area contributed by atoms with Crippen molar-refractivity contribution in [2.45, 2.75) is 44.4 Å². The summed E-state index contributed by atoms with van der Waals surface area (Å²) in [6.07, 6.45) is 3.92. The Kier molecular flexibility index (Phi) is 6.12. The summed E-state index contributed by atoms with van der Waals surface area (Å²) in [5.74, 6) is 0.845. The molecule has 1 saturated heterocycles. The largest absolute Gasteiger partial charge is 0.492 e. The molecule has 0 N–H and O–H groups in total. The first kappa shape index (κ1) is 17.6. The van der Waals surface area contributed by atoms with Crippen molar-refractivity contribution in [2.24, 2.45) is 5.92 Å². The van der Waals surface area contributed by atoms with Crippen LogP contribution in [0.4, 0.5) is 0 Å². The Labute approximate surface area is 138 Å². The first-order chi connectivity index (χ1) is 10.4. The molecule has 0 unspecified atom stereocenters. The molecule has 1 aliphatic heterocycles. The number of hydrogen-bond acceptors (Lipinski definition) is 3. The van der Waals surface area contributed by atoms with E-state index in [1.165, 1.54) is 0 Å². The first-order valence-electron chi connectivity index (χ1n) is 7.87. The van der Waals surface area contributed by atoms with Gasteiger partial charge in [0.25, 0.3) is 0 Å². The van der Waals surface area contributed by atoms with Crippen LogP contribution in [0.1, 0.15) is 39.5 Å². The molecule has 1 heterocycles. The topological polar surface area (TPSA) is 46.6 Å². The molecule has 22 heavy (non-hydrogen) atoms. The number of hydrogen-bond donors (Lipinski definition) is 0. The number of ether oxygens (including phenoxy) is 1. The lowest BCUT2D eigenvalue weighted by atomic mass is 10.0. The molecule has 0 saturated carbocycles. The maximum absolute atomic E-state index is 12.8. The smallest absolute Gasteiger partial charge is 0.243 e. The van der Waals surface area contributed by atoms with Gasteiger partial charge in [0.2, 0.25) is 10.0 Å². The molecule has 1 aliphatic rings. The van der Waals surface area contributed by atoms with Gasteiger partial charge in [-0.05, 0) is 37.3 Å². The fraction of sp³-hybridized carbons (Fsp3) is 0.625. The van der Waals surface area contributed by atoms with Gasteiger partial charge in [-0.2, -0.15) is 4.31 Å². The molecule has 6 heteroatoms. The predicted octanol–water partition coefficient (Wildman–Crippen LogP) is 3.94. The molecule has 0 radical (unpaired) electrons. The Morgan fingerprint density at radius 3 is 2.86 bits per heavy atom. The Balaban J connectivity index is 2.21. The number of unbranched alkanes of at least 4 members (excludes halogenated alkanes) is 1. The number of nitrogens with zero attached hydrogens (tertiary/aromatic N) is 1. The van der Waals surface area contributed by atoms with Gasteiger partial charge in [-0.15, -0.1) is 0 Å². The molecule has 0 aromatic heterocycles. The summed E-state index contributed by atoms with van der Waals surface area (Å²) in [6.45, 7) is 5.87. The molecule has 1 aromatic carbocycles. The van der Waals surface area contributed by atoms with Gasteiger partial charge >= 0.3 is 0 Å². The minimum absolute atomic E-state index is 0.262. The highest BCUT2D eigenvalue weighted by molar-refractivity contribution is 7.89. The lowest BCUT2D eigenvalue weighted by Crippen LogP contribution is -2.39. The standard InChI is InChI=1S/C16H24ClNO3S/c1-3-4-10-21-16-11-14(7-8-15(16)17)22(19,20)18-9-5-6-13(2)12-18/h7-8,11,13H,3-6,9-10,12H2,1-2H3/t13-/m1/s1. The van der Waals surface area contributed by atoms with Crippen LogP contribution in [0.5, 0.6) is 5.75 Å². The van der Waals surface area contributed by atoms with E-state index >= 15 is 0 Å². The summed E-state index contributed by atoms with van der Waals surface area (Å²) < 4.78 is 32.7. The Bertz CT molecular complexity index is 603. The van der Waals surface area contributed by atoms with Crippen LogP contribution in [-0.2, 0) is 10.0 Å². The Morgan fingerprint density at radius 1 is 1.41 bits per heavy atom. The van der Waals surface area contributed by atoms with E-state index in [4.69, 9.17) is 16.3 Å². The van der Waals surface area contributed by atoms with Crippen molar-refractivity contribution in [3.05, 3.63) is 23.2 Å². The number of benzene rings is 1. The van der Waals surface area contributed by atoms with Crippen LogP contribution in [0, 0.1) is 5.92 Å². The minimum Gasteiger partial charge on any atom is -0.492 e. The Hall–Kier alpha value is -0.780. The number of rotatable bonds is 6. The second kappa shape index (κ2) is 7.66. The van der Waals surface area contributed by atoms with Gasteiger partial charge in [0, 0.05) is 19.2 Å². The van der Waals surface area contributed by atoms with Crippen molar-refractivity contribution in [1.82, 2.24) is 4.31 Å². The third-order valence-electron chi connectivity index (χ3n) is 3.92. The molecule has 4 nitrogen and oxygen atoms in total. The fourth-order valence-electron chi connectivity index (χ4n) is 2.59. The lowest BCUT2D eigenvalue weighted by molar-refractivity contribution is 0.281. The highest BCUT2D eigenvalue weighted by Gasteiger charge is 2.29. The van der Waals surface area contributed by atoms with Gasteiger partial charge in [-0.1, -0.05) is 31.9 Å². The molecule has 0 aliphatic carbocycles. The summed E-state index contributed by atoms with van der Waals surface area (Å²) in [6, 6.07) is 4.71. The van der Waals surface area contributed by atoms with Crippen molar-refractivity contribution in [3.63, 3.8) is 0 Å². The lowest BCUT2D eigenvalue weighted by Gasteiger charge is -2.30. The molecule has 2 rings (SSSR count). The van der Waals surface area contributed by atoms with E-state index in [0.717, 1.165) is 25.7 Å². The molecule has 124 valence electrons. The van der Waals surface area contributed by atoms with Crippen LogP contribution in [0.25, 0.3) is 0 Å². The van der Waals surface area contributed by atoms with E-state index in [-0.39, 0.29) is 4.90 Å². The van der Waals surface area contributed by atoms with Crippen LogP contribution in [0.2, 0.25) is 5.02 Å². The number of halogens is 1. The molecular weight excluding hydrogens is 322 g/mol. The first-order valence-corrected chi connectivity index (χ1v) is 9.69. The zero-order chi connectivity index (χ0) is 16.2. The van der Waals surface area contributed by atoms with E-state index in [0.29, 0.717) is 36.4 Å². The quantitative estimate of drug-likeness (QED) is 0.733. The SMILES string of the molecule is CCCCOc1cc(S(=O)(=O)N2CCC[C@@H](C)C2)ccc1Cl. The maximum atomic E-state index is 12.8. The zero-order valence-corrected chi connectivity index (χ0v) is 14.8.